The number of benzene rings is 1. The van der Waals surface area contributed by atoms with Gasteiger partial charge in [0.05, 0.1) is 24.9 Å². The Bertz CT molecular complexity index is 1140. The van der Waals surface area contributed by atoms with Crippen molar-refractivity contribution >= 4 is 22.8 Å². The summed E-state index contributed by atoms with van der Waals surface area (Å²) in [4.78, 5) is 4.53. The number of aliphatic hydroxyl groups is 1. The highest BCUT2D eigenvalue weighted by Gasteiger charge is 2.29. The fourth-order valence-electron chi connectivity index (χ4n) is 4.12. The Balaban J connectivity index is 1.65. The van der Waals surface area contributed by atoms with Crippen LogP contribution in [0.1, 0.15) is 32.6 Å². The van der Waals surface area contributed by atoms with E-state index in [1.54, 1.807) is 28.9 Å². The van der Waals surface area contributed by atoms with E-state index in [-0.39, 0.29) is 11.7 Å². The van der Waals surface area contributed by atoms with Crippen LogP contribution < -0.4 is 15.4 Å². The fourth-order valence-corrected chi connectivity index (χ4v) is 4.12. The number of fused-ring (bicyclic) bond motifs is 1. The monoisotopic (exact) mass is 459 g/mol. The summed E-state index contributed by atoms with van der Waals surface area (Å²) in [5, 5.41) is 24.1. The minimum absolute atomic E-state index is 0.159. The number of nitrogens with one attached hydrogen (secondary N) is 3. The second-order valence-corrected chi connectivity index (χ2v) is 8.50. The molecule has 1 aliphatic rings. The first-order chi connectivity index (χ1) is 15.8. The minimum Gasteiger partial charge on any atom is -0.479 e. The van der Waals surface area contributed by atoms with E-state index in [0.29, 0.717) is 35.9 Å². The molecule has 0 spiro atoms. The van der Waals surface area contributed by atoms with Crippen LogP contribution in [0.5, 0.6) is 5.88 Å². The van der Waals surface area contributed by atoms with E-state index in [4.69, 9.17) is 10.3 Å². The van der Waals surface area contributed by atoms with Crippen LogP contribution >= 0.6 is 0 Å². The van der Waals surface area contributed by atoms with Crippen molar-refractivity contribution in [1.29, 1.82) is 5.53 Å². The number of aromatic nitrogens is 3. The number of methoxy groups -OCH3 is 1. The number of halogens is 2. The van der Waals surface area contributed by atoms with Gasteiger partial charge in [-0.3, -0.25) is 0 Å². The van der Waals surface area contributed by atoms with E-state index in [0.717, 1.165) is 24.0 Å². The zero-order chi connectivity index (χ0) is 23.6. The van der Waals surface area contributed by atoms with Crippen LogP contribution in [0.3, 0.4) is 0 Å². The molecule has 0 radical (unpaired) electrons. The number of alkyl halides is 2. The summed E-state index contributed by atoms with van der Waals surface area (Å²) in [6.07, 6.45) is 2.30. The lowest BCUT2D eigenvalue weighted by Gasteiger charge is -2.33. The van der Waals surface area contributed by atoms with E-state index < -0.39 is 18.6 Å². The van der Waals surface area contributed by atoms with E-state index in [9.17, 15) is 13.9 Å². The van der Waals surface area contributed by atoms with Gasteiger partial charge in [0.2, 0.25) is 11.8 Å². The van der Waals surface area contributed by atoms with Crippen LogP contribution in [0.15, 0.2) is 35.6 Å². The van der Waals surface area contributed by atoms with Gasteiger partial charge in [-0.25, -0.2) is 18.8 Å². The second-order valence-electron chi connectivity index (χ2n) is 8.50. The molecular formula is C22H27F2N7O2. The third-order valence-electron chi connectivity index (χ3n) is 5.94. The molecule has 9 nitrogen and oxygen atoms in total. The van der Waals surface area contributed by atoms with E-state index in [2.05, 4.69) is 25.8 Å². The van der Waals surface area contributed by atoms with Gasteiger partial charge in [-0.15, -0.1) is 5.10 Å². The van der Waals surface area contributed by atoms with Gasteiger partial charge in [-0.05, 0) is 56.4 Å². The predicted molar refractivity (Wildman–Crippen MR) is 121 cm³/mol. The van der Waals surface area contributed by atoms with Crippen LogP contribution in [0.4, 0.5) is 26.1 Å². The molecule has 0 atom stereocenters. The zero-order valence-electron chi connectivity index (χ0n) is 18.5. The quantitative estimate of drug-likeness (QED) is 0.358. The molecule has 11 heteroatoms. The van der Waals surface area contributed by atoms with Gasteiger partial charge in [0, 0.05) is 17.8 Å². The molecule has 0 unspecified atom stereocenters. The molecule has 1 aromatic carbocycles. The van der Waals surface area contributed by atoms with Gasteiger partial charge < -0.3 is 20.5 Å². The van der Waals surface area contributed by atoms with Crippen molar-refractivity contribution in [3.05, 3.63) is 30.5 Å². The topological polar surface area (TPSA) is 120 Å². The van der Waals surface area contributed by atoms with Crippen molar-refractivity contribution in [2.75, 3.05) is 24.3 Å². The Kier molecular flexibility index (Phi) is 6.41. The predicted octanol–water partition coefficient (Wildman–Crippen LogP) is 4.85. The largest absolute Gasteiger partial charge is 0.479 e. The van der Waals surface area contributed by atoms with Crippen molar-refractivity contribution in [2.45, 2.75) is 50.7 Å². The molecule has 0 saturated heterocycles. The maximum absolute atomic E-state index is 12.7. The van der Waals surface area contributed by atoms with Crippen LogP contribution in [-0.4, -0.2) is 51.4 Å². The van der Waals surface area contributed by atoms with Crippen molar-refractivity contribution < 1.29 is 18.6 Å². The Morgan fingerprint density at radius 2 is 2.09 bits per heavy atom. The Morgan fingerprint density at radius 1 is 1.33 bits per heavy atom. The lowest BCUT2D eigenvalue weighted by Crippen LogP contribution is -2.36. The normalized spacial score (nSPS) is 20.7. The summed E-state index contributed by atoms with van der Waals surface area (Å²) in [6, 6.07) is 7.03. The van der Waals surface area contributed by atoms with Gasteiger partial charge in [0.1, 0.15) is 11.2 Å². The number of rotatable bonds is 8. The van der Waals surface area contributed by atoms with Gasteiger partial charge in [0.25, 0.3) is 6.43 Å². The van der Waals surface area contributed by atoms with Gasteiger partial charge in [-0.1, -0.05) is 6.07 Å². The summed E-state index contributed by atoms with van der Waals surface area (Å²) in [5.41, 5.74) is 9.38. The smallest absolute Gasteiger partial charge is 0.255 e. The highest BCUT2D eigenvalue weighted by atomic mass is 19.3. The molecule has 1 saturated carbocycles. The average molecular weight is 460 g/mol. The van der Waals surface area contributed by atoms with Crippen molar-refractivity contribution in [1.82, 2.24) is 14.6 Å². The Hall–Kier alpha value is -3.34. The van der Waals surface area contributed by atoms with Gasteiger partial charge in [0.15, 0.2) is 0 Å². The molecule has 3 aromatic rings. The van der Waals surface area contributed by atoms with Crippen LogP contribution in [0.2, 0.25) is 0 Å². The van der Waals surface area contributed by atoms with Crippen LogP contribution in [-0.2, 0) is 0 Å². The number of nitrogens with zero attached hydrogens (tertiary/aromatic N) is 4. The Labute approximate surface area is 189 Å². The first kappa shape index (κ1) is 22.8. The molecule has 4 N–H and O–H groups in total. The summed E-state index contributed by atoms with van der Waals surface area (Å²) in [5.74, 6) is 0.794. The lowest BCUT2D eigenvalue weighted by atomic mass is 9.84. The summed E-state index contributed by atoms with van der Waals surface area (Å²) >= 11 is 0. The molecule has 176 valence electrons. The summed E-state index contributed by atoms with van der Waals surface area (Å²) in [7, 11) is 1.53. The van der Waals surface area contributed by atoms with E-state index in [1.807, 2.05) is 13.0 Å². The SMILES string of the molecule is COc1nc(NC2CCC(C)(O)CC2)nn2ccc(-c3ccc(N=N)c(NCC(F)F)c3)c12. The van der Waals surface area contributed by atoms with Crippen molar-refractivity contribution in [3.63, 3.8) is 0 Å². The van der Waals surface area contributed by atoms with Crippen molar-refractivity contribution in [3.8, 4) is 17.0 Å². The number of anilines is 2. The maximum Gasteiger partial charge on any atom is 0.255 e. The summed E-state index contributed by atoms with van der Waals surface area (Å²) in [6.45, 7) is 1.32. The molecule has 0 amide bonds. The molecular weight excluding hydrogens is 432 g/mol. The number of hydrogen-bond acceptors (Lipinski definition) is 8. The van der Waals surface area contributed by atoms with Crippen LogP contribution in [0.25, 0.3) is 16.6 Å². The third-order valence-corrected chi connectivity index (χ3v) is 5.94. The molecule has 2 heterocycles. The molecule has 0 bridgehead atoms. The first-order valence-electron chi connectivity index (χ1n) is 10.8. The first-order valence-corrected chi connectivity index (χ1v) is 10.8. The highest BCUT2D eigenvalue weighted by molar-refractivity contribution is 5.87. The standard InChI is InChI=1S/C22H27F2N7O2/c1-22(32)8-5-14(6-9-22)27-21-28-20(33-2)19-15(7-10-31(19)30-21)13-3-4-16(29-25)17(11-13)26-12-18(23)24/h3-4,7,10-11,14,18,25-26,32H,5-6,8-9,12H2,1-2H3,(H,27,30). The van der Waals surface area contributed by atoms with Gasteiger partial charge in [-0.2, -0.15) is 10.1 Å². The molecule has 2 aromatic heterocycles. The number of hydrogen-bond donors (Lipinski definition) is 4. The third kappa shape index (κ3) is 5.03. The minimum atomic E-state index is -2.53. The highest BCUT2D eigenvalue weighted by Crippen LogP contribution is 2.36. The maximum atomic E-state index is 12.7. The lowest BCUT2D eigenvalue weighted by molar-refractivity contribution is 0.0195. The molecule has 1 aliphatic carbocycles. The Morgan fingerprint density at radius 3 is 2.76 bits per heavy atom. The number of ether oxygens (including phenoxy) is 1. The van der Waals surface area contributed by atoms with Crippen LogP contribution in [0, 0.1) is 5.53 Å². The molecule has 1 fully saturated rings. The van der Waals surface area contributed by atoms with E-state index in [1.165, 1.54) is 7.11 Å². The molecule has 4 rings (SSSR count). The summed E-state index contributed by atoms with van der Waals surface area (Å²) < 4.78 is 32.6. The fraction of sp³-hybridized carbons (Fsp3) is 0.455. The van der Waals surface area contributed by atoms with Gasteiger partial charge >= 0.3 is 0 Å². The second kappa shape index (κ2) is 9.26. The molecule has 33 heavy (non-hydrogen) atoms. The van der Waals surface area contributed by atoms with Crippen molar-refractivity contribution in [2.24, 2.45) is 5.11 Å². The zero-order valence-corrected chi connectivity index (χ0v) is 18.5. The molecule has 0 aliphatic heterocycles. The van der Waals surface area contributed by atoms with E-state index >= 15 is 0 Å². The average Bonchev–Trinajstić information content (AvgIpc) is 3.22.